The van der Waals surface area contributed by atoms with Gasteiger partial charge in [-0.2, -0.15) is 0 Å². The van der Waals surface area contributed by atoms with E-state index in [0.717, 1.165) is 49.1 Å². The molecule has 2 amide bonds. The Labute approximate surface area is 206 Å². The summed E-state index contributed by atoms with van der Waals surface area (Å²) in [6.45, 7) is 2.03. The van der Waals surface area contributed by atoms with Gasteiger partial charge in [0.25, 0.3) is 0 Å². The van der Waals surface area contributed by atoms with E-state index in [9.17, 15) is 4.79 Å². The maximum absolute atomic E-state index is 13.3. The van der Waals surface area contributed by atoms with E-state index in [-0.39, 0.29) is 6.03 Å². The number of halogens is 1. The lowest BCUT2D eigenvalue weighted by Crippen LogP contribution is -2.20. The van der Waals surface area contributed by atoms with Gasteiger partial charge in [-0.3, -0.25) is 9.97 Å². The summed E-state index contributed by atoms with van der Waals surface area (Å²) in [5.41, 5.74) is 5.70. The number of hydrogen-bond donors (Lipinski definition) is 2. The molecule has 5 rings (SSSR count). The number of thioether (sulfide) groups is 1. The van der Waals surface area contributed by atoms with Crippen LogP contribution in [0.25, 0.3) is 32.9 Å². The number of hydrogen-bond acceptors (Lipinski definition) is 4. The standard InChI is InChI=1S/C27H21ClN4OS/c1-16-9-10-22-19(14-16)25(17-6-3-4-8-20(17)28)23(15-30-22)31-27(33)32-26-18-7-5-13-29-21(18)11-12-24(26)34-2/h3-15H,1-2H3,(H2,31,32,33). The molecule has 168 valence electrons. The molecule has 0 bridgehead atoms. The van der Waals surface area contributed by atoms with Crippen LogP contribution in [0.15, 0.2) is 84.0 Å². The average molecular weight is 485 g/mol. The normalized spacial score (nSPS) is 11.0. The van der Waals surface area contributed by atoms with Gasteiger partial charge in [0.05, 0.1) is 28.6 Å². The fourth-order valence-corrected chi connectivity index (χ4v) is 4.85. The van der Waals surface area contributed by atoms with Crippen molar-refractivity contribution in [2.75, 3.05) is 16.9 Å². The third kappa shape index (κ3) is 4.18. The van der Waals surface area contributed by atoms with Gasteiger partial charge in [-0.1, -0.05) is 41.4 Å². The molecule has 0 atom stereocenters. The number of carbonyl (C=O) groups excluding carboxylic acids is 1. The fourth-order valence-electron chi connectivity index (χ4n) is 4.05. The summed E-state index contributed by atoms with van der Waals surface area (Å²) in [5.74, 6) is 0. The predicted molar refractivity (Wildman–Crippen MR) is 143 cm³/mol. The third-order valence-corrected chi connectivity index (χ3v) is 6.73. The molecule has 0 spiro atoms. The van der Waals surface area contributed by atoms with E-state index in [2.05, 4.69) is 26.7 Å². The Morgan fingerprint density at radius 3 is 2.53 bits per heavy atom. The van der Waals surface area contributed by atoms with Gasteiger partial charge in [-0.15, -0.1) is 11.8 Å². The Morgan fingerprint density at radius 1 is 0.912 bits per heavy atom. The molecular formula is C27H21ClN4OS. The van der Waals surface area contributed by atoms with Crippen LogP contribution >= 0.6 is 23.4 Å². The van der Waals surface area contributed by atoms with Gasteiger partial charge in [0.1, 0.15) is 0 Å². The molecule has 2 N–H and O–H groups in total. The van der Waals surface area contributed by atoms with Crippen molar-refractivity contribution < 1.29 is 4.79 Å². The summed E-state index contributed by atoms with van der Waals surface area (Å²) in [6.07, 6.45) is 5.39. The molecular weight excluding hydrogens is 464 g/mol. The molecule has 5 nitrogen and oxygen atoms in total. The summed E-state index contributed by atoms with van der Waals surface area (Å²) < 4.78 is 0. The summed E-state index contributed by atoms with van der Waals surface area (Å²) >= 11 is 8.15. The molecule has 34 heavy (non-hydrogen) atoms. The molecule has 0 aliphatic rings. The van der Waals surface area contributed by atoms with Crippen LogP contribution in [-0.4, -0.2) is 22.3 Å². The summed E-state index contributed by atoms with van der Waals surface area (Å²) in [7, 11) is 0. The smallest absolute Gasteiger partial charge is 0.306 e. The van der Waals surface area contributed by atoms with E-state index in [4.69, 9.17) is 11.6 Å². The molecule has 0 aliphatic heterocycles. The van der Waals surface area contributed by atoms with Crippen LogP contribution < -0.4 is 10.6 Å². The Balaban J connectivity index is 1.59. The van der Waals surface area contributed by atoms with E-state index in [1.165, 1.54) is 0 Å². The van der Waals surface area contributed by atoms with Gasteiger partial charge in [-0.05, 0) is 55.6 Å². The van der Waals surface area contributed by atoms with Gasteiger partial charge < -0.3 is 10.6 Å². The quantitative estimate of drug-likeness (QED) is 0.255. The maximum Gasteiger partial charge on any atom is 0.323 e. The molecule has 7 heteroatoms. The monoisotopic (exact) mass is 484 g/mol. The van der Waals surface area contributed by atoms with Crippen LogP contribution in [0.5, 0.6) is 0 Å². The van der Waals surface area contributed by atoms with Crippen LogP contribution in [0.2, 0.25) is 5.02 Å². The minimum Gasteiger partial charge on any atom is -0.306 e. The van der Waals surface area contributed by atoms with Crippen molar-refractivity contribution >= 4 is 62.6 Å². The van der Waals surface area contributed by atoms with Crippen LogP contribution in [0.4, 0.5) is 16.2 Å². The average Bonchev–Trinajstić information content (AvgIpc) is 2.85. The van der Waals surface area contributed by atoms with Crippen molar-refractivity contribution in [1.82, 2.24) is 9.97 Å². The van der Waals surface area contributed by atoms with Crippen molar-refractivity contribution in [2.24, 2.45) is 0 Å². The molecule has 0 aliphatic carbocycles. The van der Waals surface area contributed by atoms with Crippen LogP contribution in [0.3, 0.4) is 0 Å². The summed E-state index contributed by atoms with van der Waals surface area (Å²) in [4.78, 5) is 23.2. The number of anilines is 2. The number of benzene rings is 3. The number of rotatable bonds is 4. The number of nitrogens with one attached hydrogen (secondary N) is 2. The minimum atomic E-state index is -0.367. The molecule has 2 aromatic heterocycles. The van der Waals surface area contributed by atoms with Gasteiger partial charge in [0.2, 0.25) is 0 Å². The molecule has 2 heterocycles. The molecule has 0 fully saturated rings. The second kappa shape index (κ2) is 9.33. The van der Waals surface area contributed by atoms with Gasteiger partial charge in [0, 0.05) is 38.0 Å². The Morgan fingerprint density at radius 2 is 1.71 bits per heavy atom. The fraction of sp³-hybridized carbons (Fsp3) is 0.0741. The van der Waals surface area contributed by atoms with Crippen molar-refractivity contribution in [3.05, 3.63) is 89.7 Å². The van der Waals surface area contributed by atoms with E-state index in [0.29, 0.717) is 10.7 Å². The van der Waals surface area contributed by atoms with Crippen LogP contribution in [-0.2, 0) is 0 Å². The summed E-state index contributed by atoms with van der Waals surface area (Å²) in [6, 6.07) is 21.0. The first-order valence-electron chi connectivity index (χ1n) is 10.7. The van der Waals surface area contributed by atoms with E-state index in [1.54, 1.807) is 24.2 Å². The second-order valence-corrected chi connectivity index (χ2v) is 9.09. The zero-order valence-electron chi connectivity index (χ0n) is 18.6. The zero-order chi connectivity index (χ0) is 23.7. The highest BCUT2D eigenvalue weighted by Gasteiger charge is 2.17. The maximum atomic E-state index is 13.3. The first kappa shape index (κ1) is 22.2. The highest BCUT2D eigenvalue weighted by molar-refractivity contribution is 7.98. The lowest BCUT2D eigenvalue weighted by Gasteiger charge is -2.17. The summed E-state index contributed by atoms with van der Waals surface area (Å²) in [5, 5.41) is 8.45. The van der Waals surface area contributed by atoms with Crippen LogP contribution in [0.1, 0.15) is 5.56 Å². The van der Waals surface area contributed by atoms with E-state index >= 15 is 0 Å². The molecule has 0 saturated heterocycles. The van der Waals surface area contributed by atoms with Gasteiger partial charge in [-0.25, -0.2) is 4.79 Å². The molecule has 5 aromatic rings. The van der Waals surface area contributed by atoms with E-state index in [1.807, 2.05) is 73.8 Å². The number of aromatic nitrogens is 2. The largest absolute Gasteiger partial charge is 0.323 e. The van der Waals surface area contributed by atoms with Crippen LogP contribution in [0, 0.1) is 6.92 Å². The SMILES string of the molecule is CSc1ccc2ncccc2c1NC(=O)Nc1cnc2ccc(C)cc2c1-c1ccccc1Cl. The molecule has 3 aromatic carbocycles. The van der Waals surface area contributed by atoms with Crippen molar-refractivity contribution in [1.29, 1.82) is 0 Å². The molecule has 0 saturated carbocycles. The predicted octanol–water partition coefficient (Wildman–Crippen LogP) is 7.78. The highest BCUT2D eigenvalue weighted by atomic mass is 35.5. The Kier molecular flexibility index (Phi) is 6.09. The van der Waals surface area contributed by atoms with Crippen molar-refractivity contribution in [2.45, 2.75) is 11.8 Å². The third-order valence-electron chi connectivity index (χ3n) is 5.62. The Bertz CT molecular complexity index is 1550. The Hall–Kier alpha value is -3.61. The van der Waals surface area contributed by atoms with Crippen molar-refractivity contribution in [3.63, 3.8) is 0 Å². The molecule has 0 radical (unpaired) electrons. The van der Waals surface area contributed by atoms with Crippen molar-refractivity contribution in [3.8, 4) is 11.1 Å². The number of amides is 2. The lowest BCUT2D eigenvalue weighted by molar-refractivity contribution is 0.262. The number of carbonyl (C=O) groups is 1. The van der Waals surface area contributed by atoms with Gasteiger partial charge >= 0.3 is 6.03 Å². The number of aryl methyl sites for hydroxylation is 1. The first-order chi connectivity index (χ1) is 16.5. The number of nitrogens with zero attached hydrogens (tertiary/aromatic N) is 2. The topological polar surface area (TPSA) is 66.9 Å². The molecule has 0 unspecified atom stereocenters. The minimum absolute atomic E-state index is 0.367. The first-order valence-corrected chi connectivity index (χ1v) is 12.3. The highest BCUT2D eigenvalue weighted by Crippen LogP contribution is 2.39. The number of fused-ring (bicyclic) bond motifs is 2. The van der Waals surface area contributed by atoms with E-state index < -0.39 is 0 Å². The zero-order valence-corrected chi connectivity index (χ0v) is 20.2. The lowest BCUT2D eigenvalue weighted by atomic mass is 9.98. The van der Waals surface area contributed by atoms with Gasteiger partial charge in [0.15, 0.2) is 0 Å². The number of pyridine rings is 2. The number of urea groups is 1. The second-order valence-electron chi connectivity index (χ2n) is 7.84.